The fourth-order valence-corrected chi connectivity index (χ4v) is 4.18. The summed E-state index contributed by atoms with van der Waals surface area (Å²) in [7, 11) is -3.79. The average molecular weight is 400 g/mol. The van der Waals surface area contributed by atoms with Crippen LogP contribution in [0, 0.1) is 13.8 Å². The zero-order valence-corrected chi connectivity index (χ0v) is 16.9. The van der Waals surface area contributed by atoms with E-state index in [-0.39, 0.29) is 10.8 Å². The second kappa shape index (κ2) is 8.58. The molecule has 0 aromatic heterocycles. The number of anilines is 1. The van der Waals surface area contributed by atoms with Gasteiger partial charge in [0, 0.05) is 18.7 Å². The molecule has 1 amide bonds. The molecule has 148 valence electrons. The fraction of sp³-hybridized carbons (Fsp3) is 0.286. The summed E-state index contributed by atoms with van der Waals surface area (Å²) in [5.74, 6) is -0.273. The van der Waals surface area contributed by atoms with Crippen molar-refractivity contribution in [2.45, 2.75) is 25.2 Å². The van der Waals surface area contributed by atoms with Crippen molar-refractivity contribution in [3.63, 3.8) is 0 Å². The largest absolute Gasteiger partial charge is 0.348 e. The minimum Gasteiger partial charge on any atom is -0.348 e. The number of benzene rings is 2. The number of nitrogens with one attached hydrogen (secondary N) is 3. The van der Waals surface area contributed by atoms with E-state index in [4.69, 9.17) is 0 Å². The van der Waals surface area contributed by atoms with E-state index >= 15 is 0 Å². The highest BCUT2D eigenvalue weighted by molar-refractivity contribution is 7.92. The monoisotopic (exact) mass is 399 g/mol. The van der Waals surface area contributed by atoms with Gasteiger partial charge in [-0.05, 0) is 56.1 Å². The third kappa shape index (κ3) is 4.79. The molecule has 0 unspecified atom stereocenters. The molecule has 0 fully saturated rings. The first-order valence-corrected chi connectivity index (χ1v) is 10.7. The summed E-state index contributed by atoms with van der Waals surface area (Å²) in [6, 6.07) is 11.8. The highest BCUT2D eigenvalue weighted by atomic mass is 32.2. The number of aryl methyl sites for hydroxylation is 2. The van der Waals surface area contributed by atoms with E-state index in [2.05, 4.69) is 21.4 Å². The first-order chi connectivity index (χ1) is 13.4. The maximum Gasteiger partial charge on any atom is 0.261 e. The van der Waals surface area contributed by atoms with Crippen LogP contribution in [0.5, 0.6) is 0 Å². The van der Waals surface area contributed by atoms with Gasteiger partial charge in [-0.3, -0.25) is 9.52 Å². The molecule has 6 nitrogen and oxygen atoms in total. The molecule has 0 atom stereocenters. The van der Waals surface area contributed by atoms with Gasteiger partial charge in [-0.25, -0.2) is 8.42 Å². The molecule has 2 aromatic rings. The number of carbonyl (C=O) groups excluding carboxylic acids is 1. The van der Waals surface area contributed by atoms with Crippen LogP contribution in [0.15, 0.2) is 59.0 Å². The molecule has 0 saturated heterocycles. The van der Waals surface area contributed by atoms with Crippen LogP contribution < -0.4 is 15.4 Å². The third-order valence-corrected chi connectivity index (χ3v) is 6.15. The van der Waals surface area contributed by atoms with Crippen LogP contribution >= 0.6 is 0 Å². The summed E-state index contributed by atoms with van der Waals surface area (Å²) in [4.78, 5) is 12.7. The van der Waals surface area contributed by atoms with Crippen LogP contribution in [-0.2, 0) is 10.0 Å². The van der Waals surface area contributed by atoms with E-state index in [0.29, 0.717) is 17.8 Å². The lowest BCUT2D eigenvalue weighted by molar-refractivity contribution is 0.0956. The Morgan fingerprint density at radius 3 is 2.61 bits per heavy atom. The topological polar surface area (TPSA) is 87.3 Å². The van der Waals surface area contributed by atoms with Crippen LogP contribution in [-0.4, -0.2) is 34.0 Å². The molecule has 7 heteroatoms. The Morgan fingerprint density at radius 2 is 1.89 bits per heavy atom. The minimum absolute atomic E-state index is 0.0626. The van der Waals surface area contributed by atoms with Gasteiger partial charge in [-0.2, -0.15) is 0 Å². The summed E-state index contributed by atoms with van der Waals surface area (Å²) in [5, 5.41) is 6.13. The van der Waals surface area contributed by atoms with Crippen LogP contribution in [0.3, 0.4) is 0 Å². The molecule has 3 N–H and O–H groups in total. The van der Waals surface area contributed by atoms with Crippen molar-refractivity contribution in [2.24, 2.45) is 0 Å². The molecule has 28 heavy (non-hydrogen) atoms. The van der Waals surface area contributed by atoms with Crippen LogP contribution in [0.1, 0.15) is 27.9 Å². The summed E-state index contributed by atoms with van der Waals surface area (Å²) in [6.07, 6.45) is 2.97. The lowest BCUT2D eigenvalue weighted by Crippen LogP contribution is -2.30. The molecular formula is C21H25N3O3S. The first-order valence-electron chi connectivity index (χ1n) is 9.23. The molecule has 1 heterocycles. The second-order valence-electron chi connectivity index (χ2n) is 6.90. The first kappa shape index (κ1) is 20.1. The van der Waals surface area contributed by atoms with E-state index < -0.39 is 10.0 Å². The zero-order chi connectivity index (χ0) is 20.1. The maximum atomic E-state index is 12.8. The fourth-order valence-electron chi connectivity index (χ4n) is 3.02. The number of para-hydroxylation sites is 1. The molecule has 0 saturated carbocycles. The predicted octanol–water partition coefficient (Wildman–Crippen LogP) is 2.75. The smallest absolute Gasteiger partial charge is 0.261 e. The Hall–Kier alpha value is -2.64. The van der Waals surface area contributed by atoms with Crippen molar-refractivity contribution in [3.05, 3.63) is 70.8 Å². The standard InChI is InChI=1S/C21H25N3O3S/c1-15-7-8-18(28(26,27)24-20-6-4-3-5-16(20)2)13-19(15)21(25)23-14-17-9-11-22-12-10-17/h3-9,13,22,24H,10-12,14H2,1-2H3,(H,23,25). The Bertz CT molecular complexity index is 1010. The molecule has 1 aliphatic rings. The van der Waals surface area contributed by atoms with Gasteiger partial charge in [0.05, 0.1) is 10.6 Å². The van der Waals surface area contributed by atoms with Crippen molar-refractivity contribution in [3.8, 4) is 0 Å². The van der Waals surface area contributed by atoms with Crippen molar-refractivity contribution in [1.82, 2.24) is 10.6 Å². The number of hydrogen-bond donors (Lipinski definition) is 3. The number of hydrogen-bond acceptors (Lipinski definition) is 4. The van der Waals surface area contributed by atoms with Gasteiger partial charge >= 0.3 is 0 Å². The number of rotatable bonds is 6. The van der Waals surface area contributed by atoms with E-state index in [1.165, 1.54) is 17.7 Å². The van der Waals surface area contributed by atoms with Crippen molar-refractivity contribution < 1.29 is 13.2 Å². The van der Waals surface area contributed by atoms with Crippen molar-refractivity contribution in [1.29, 1.82) is 0 Å². The SMILES string of the molecule is Cc1ccccc1NS(=O)(=O)c1ccc(C)c(C(=O)NCC2=CCNCC2)c1. The molecule has 1 aliphatic heterocycles. The Balaban J connectivity index is 1.79. The summed E-state index contributed by atoms with van der Waals surface area (Å²) >= 11 is 0. The van der Waals surface area contributed by atoms with Gasteiger partial charge in [-0.15, -0.1) is 0 Å². The van der Waals surface area contributed by atoms with Gasteiger partial charge in [0.2, 0.25) is 0 Å². The average Bonchev–Trinajstić information content (AvgIpc) is 2.69. The normalized spacial score (nSPS) is 14.3. The third-order valence-electron chi connectivity index (χ3n) is 4.79. The minimum atomic E-state index is -3.79. The molecule has 0 aliphatic carbocycles. The summed E-state index contributed by atoms with van der Waals surface area (Å²) in [6.45, 7) is 5.81. The molecule has 0 spiro atoms. The molecular weight excluding hydrogens is 374 g/mol. The van der Waals surface area contributed by atoms with Gasteiger partial charge in [0.1, 0.15) is 0 Å². The van der Waals surface area contributed by atoms with E-state index in [1.807, 2.05) is 19.1 Å². The van der Waals surface area contributed by atoms with Crippen LogP contribution in [0.2, 0.25) is 0 Å². The van der Waals surface area contributed by atoms with E-state index in [0.717, 1.165) is 30.6 Å². The van der Waals surface area contributed by atoms with Gasteiger partial charge in [-0.1, -0.05) is 35.9 Å². The van der Waals surface area contributed by atoms with Gasteiger partial charge in [0.15, 0.2) is 0 Å². The predicted molar refractivity (Wildman–Crippen MR) is 111 cm³/mol. The van der Waals surface area contributed by atoms with Gasteiger partial charge < -0.3 is 10.6 Å². The second-order valence-corrected chi connectivity index (χ2v) is 8.58. The lowest BCUT2D eigenvalue weighted by atomic mass is 10.1. The van der Waals surface area contributed by atoms with E-state index in [1.54, 1.807) is 25.1 Å². The quantitative estimate of drug-likeness (QED) is 0.652. The summed E-state index contributed by atoms with van der Waals surface area (Å²) in [5.41, 5.74) is 3.61. The number of carbonyl (C=O) groups is 1. The Kier molecular flexibility index (Phi) is 6.16. The molecule has 2 aromatic carbocycles. The van der Waals surface area contributed by atoms with E-state index in [9.17, 15) is 13.2 Å². The number of amides is 1. The number of sulfonamides is 1. The maximum absolute atomic E-state index is 12.8. The van der Waals surface area contributed by atoms with Crippen LogP contribution in [0.4, 0.5) is 5.69 Å². The van der Waals surface area contributed by atoms with Gasteiger partial charge in [0.25, 0.3) is 15.9 Å². The van der Waals surface area contributed by atoms with Crippen molar-refractivity contribution >= 4 is 21.6 Å². The molecule has 0 bridgehead atoms. The highest BCUT2D eigenvalue weighted by Crippen LogP contribution is 2.21. The van der Waals surface area contributed by atoms with Crippen LogP contribution in [0.25, 0.3) is 0 Å². The summed E-state index contributed by atoms with van der Waals surface area (Å²) < 4.78 is 28.2. The highest BCUT2D eigenvalue weighted by Gasteiger charge is 2.19. The molecule has 0 radical (unpaired) electrons. The molecule has 3 rings (SSSR count). The van der Waals surface area contributed by atoms with Crippen molar-refractivity contribution in [2.75, 3.05) is 24.4 Å². The zero-order valence-electron chi connectivity index (χ0n) is 16.1. The Morgan fingerprint density at radius 1 is 1.11 bits per heavy atom. The Labute approximate surface area is 166 Å². The lowest BCUT2D eigenvalue weighted by Gasteiger charge is -2.16.